The van der Waals surface area contributed by atoms with E-state index in [0.29, 0.717) is 6.42 Å². The van der Waals surface area contributed by atoms with Crippen LogP contribution in [0.25, 0.3) is 0 Å². The summed E-state index contributed by atoms with van der Waals surface area (Å²) in [6, 6.07) is 8.01. The molecule has 21 heavy (non-hydrogen) atoms. The van der Waals surface area contributed by atoms with Crippen molar-refractivity contribution in [3.63, 3.8) is 0 Å². The molecule has 0 unspecified atom stereocenters. The van der Waals surface area contributed by atoms with Crippen molar-refractivity contribution >= 4 is 6.09 Å². The third-order valence-electron chi connectivity index (χ3n) is 2.81. The summed E-state index contributed by atoms with van der Waals surface area (Å²) < 4.78 is 5.22. The van der Waals surface area contributed by atoms with Crippen LogP contribution < -0.4 is 5.32 Å². The van der Waals surface area contributed by atoms with E-state index in [1.54, 1.807) is 0 Å². The zero-order chi connectivity index (χ0) is 15.9. The minimum atomic E-state index is -0.486. The smallest absolute Gasteiger partial charge is 0.407 e. The summed E-state index contributed by atoms with van der Waals surface area (Å²) in [4.78, 5) is 15.7. The minimum Gasteiger partial charge on any atom is -0.444 e. The fraction of sp³-hybridized carbons (Fsp3) is 0.562. The lowest BCUT2D eigenvalue weighted by Crippen LogP contribution is -2.38. The summed E-state index contributed by atoms with van der Waals surface area (Å²) in [7, 11) is 0. The van der Waals surface area contributed by atoms with Gasteiger partial charge in [-0.15, -0.1) is 0 Å². The van der Waals surface area contributed by atoms with Crippen LogP contribution in [-0.2, 0) is 22.5 Å². The summed E-state index contributed by atoms with van der Waals surface area (Å²) >= 11 is 0. The molecule has 1 amide bonds. The normalized spacial score (nSPS) is 12.8. The van der Waals surface area contributed by atoms with E-state index in [0.717, 1.165) is 17.5 Å². The van der Waals surface area contributed by atoms with Gasteiger partial charge in [0.2, 0.25) is 0 Å². The van der Waals surface area contributed by atoms with E-state index in [9.17, 15) is 4.79 Å². The van der Waals surface area contributed by atoms with E-state index >= 15 is 0 Å². The molecule has 2 N–H and O–H groups in total. The maximum Gasteiger partial charge on any atom is 0.407 e. The van der Waals surface area contributed by atoms with Gasteiger partial charge in [0.05, 0.1) is 6.61 Å². The number of carbonyl (C=O) groups is 1. The lowest BCUT2D eigenvalue weighted by Gasteiger charge is -2.22. The molecule has 0 aliphatic rings. The first-order valence-corrected chi connectivity index (χ1v) is 7.14. The second kappa shape index (κ2) is 8.00. The quantitative estimate of drug-likeness (QED) is 0.625. The van der Waals surface area contributed by atoms with Crippen LogP contribution >= 0.6 is 0 Å². The summed E-state index contributed by atoms with van der Waals surface area (Å²) in [6.07, 6.45) is 1.00. The monoisotopic (exact) mass is 295 g/mol. The zero-order valence-electron chi connectivity index (χ0n) is 13.2. The van der Waals surface area contributed by atoms with Gasteiger partial charge in [-0.3, -0.25) is 5.26 Å². The molecular weight excluding hydrogens is 270 g/mol. The van der Waals surface area contributed by atoms with Gasteiger partial charge in [-0.05, 0) is 51.7 Å². The molecule has 0 aliphatic carbocycles. The predicted molar refractivity (Wildman–Crippen MR) is 81.3 cm³/mol. The molecule has 0 aromatic heterocycles. The van der Waals surface area contributed by atoms with Gasteiger partial charge in [0.1, 0.15) is 5.60 Å². The summed E-state index contributed by atoms with van der Waals surface area (Å²) in [5.74, 6) is 0. The molecule has 0 aliphatic heterocycles. The first-order valence-electron chi connectivity index (χ1n) is 7.14. The number of carbonyl (C=O) groups excluding carboxylic acids is 1. The third-order valence-corrected chi connectivity index (χ3v) is 2.81. The molecular formula is C16H25NO4. The maximum atomic E-state index is 11.7. The van der Waals surface area contributed by atoms with Crippen molar-refractivity contribution in [1.29, 1.82) is 0 Å². The Kier molecular flexibility index (Phi) is 6.65. The Morgan fingerprint density at radius 2 is 1.81 bits per heavy atom. The van der Waals surface area contributed by atoms with E-state index in [-0.39, 0.29) is 12.6 Å². The molecule has 0 saturated carbocycles. The molecule has 0 heterocycles. The average molecular weight is 295 g/mol. The zero-order valence-corrected chi connectivity index (χ0v) is 13.2. The van der Waals surface area contributed by atoms with Crippen LogP contribution in [0, 0.1) is 0 Å². The fourth-order valence-corrected chi connectivity index (χ4v) is 1.92. The van der Waals surface area contributed by atoms with E-state index in [4.69, 9.17) is 9.99 Å². The van der Waals surface area contributed by atoms with Gasteiger partial charge >= 0.3 is 6.09 Å². The SMILES string of the molecule is C[C@H](Cc1ccc(CCOO)cc1)NC(=O)OC(C)(C)C. The molecule has 0 saturated heterocycles. The van der Waals surface area contributed by atoms with E-state index in [2.05, 4.69) is 10.2 Å². The molecule has 5 nitrogen and oxygen atoms in total. The number of benzene rings is 1. The highest BCUT2D eigenvalue weighted by molar-refractivity contribution is 5.68. The first-order chi connectivity index (χ1) is 9.80. The van der Waals surface area contributed by atoms with Crippen molar-refractivity contribution in [2.24, 2.45) is 0 Å². The lowest BCUT2D eigenvalue weighted by molar-refractivity contribution is -0.241. The van der Waals surface area contributed by atoms with Crippen molar-refractivity contribution in [1.82, 2.24) is 5.32 Å². The van der Waals surface area contributed by atoms with Crippen LogP contribution in [0.1, 0.15) is 38.8 Å². The second-order valence-corrected chi connectivity index (χ2v) is 6.15. The van der Waals surface area contributed by atoms with Crippen molar-refractivity contribution in [2.75, 3.05) is 6.61 Å². The Labute approximate surface area is 126 Å². The molecule has 1 aromatic rings. The number of hydrogen-bond acceptors (Lipinski definition) is 4. The number of hydrogen-bond donors (Lipinski definition) is 2. The highest BCUT2D eigenvalue weighted by Gasteiger charge is 2.17. The summed E-state index contributed by atoms with van der Waals surface area (Å²) in [5.41, 5.74) is 1.74. The van der Waals surface area contributed by atoms with Crippen LogP contribution in [0.3, 0.4) is 0 Å². The number of alkyl carbamates (subject to hydrolysis) is 1. The van der Waals surface area contributed by atoms with Crippen molar-refractivity contribution in [3.8, 4) is 0 Å². The Hall–Kier alpha value is -1.59. The largest absolute Gasteiger partial charge is 0.444 e. The number of nitrogens with one attached hydrogen (secondary N) is 1. The molecule has 0 bridgehead atoms. The topological polar surface area (TPSA) is 67.8 Å². The van der Waals surface area contributed by atoms with Crippen molar-refractivity contribution < 1.29 is 19.7 Å². The number of rotatable bonds is 6. The Morgan fingerprint density at radius 1 is 1.24 bits per heavy atom. The average Bonchev–Trinajstić information content (AvgIpc) is 2.35. The van der Waals surface area contributed by atoms with Gasteiger partial charge in [-0.2, -0.15) is 0 Å². The number of amides is 1. The Morgan fingerprint density at radius 3 is 2.33 bits per heavy atom. The van der Waals surface area contributed by atoms with Crippen LogP contribution in [0.4, 0.5) is 4.79 Å². The van der Waals surface area contributed by atoms with Crippen LogP contribution in [-0.4, -0.2) is 29.6 Å². The van der Waals surface area contributed by atoms with E-state index < -0.39 is 11.7 Å². The van der Waals surface area contributed by atoms with Crippen molar-refractivity contribution in [2.45, 2.75) is 52.2 Å². The maximum absolute atomic E-state index is 11.7. The summed E-state index contributed by atoms with van der Waals surface area (Å²) in [5, 5.41) is 11.1. The predicted octanol–water partition coefficient (Wildman–Crippen LogP) is 3.17. The van der Waals surface area contributed by atoms with E-state index in [1.165, 1.54) is 0 Å². The Balaban J connectivity index is 2.43. The molecule has 1 rings (SSSR count). The molecule has 1 atom stereocenters. The van der Waals surface area contributed by atoms with Gasteiger partial charge in [-0.1, -0.05) is 24.3 Å². The molecule has 1 aromatic carbocycles. The van der Waals surface area contributed by atoms with E-state index in [1.807, 2.05) is 52.0 Å². The van der Waals surface area contributed by atoms with Gasteiger partial charge < -0.3 is 10.1 Å². The summed E-state index contributed by atoms with van der Waals surface area (Å²) in [6.45, 7) is 7.75. The lowest BCUT2D eigenvalue weighted by atomic mass is 10.0. The Bertz CT molecular complexity index is 437. The van der Waals surface area contributed by atoms with Gasteiger partial charge in [0, 0.05) is 6.04 Å². The third kappa shape index (κ3) is 7.68. The molecule has 5 heteroatoms. The second-order valence-electron chi connectivity index (χ2n) is 6.15. The fourth-order valence-electron chi connectivity index (χ4n) is 1.92. The molecule has 0 spiro atoms. The number of ether oxygens (including phenoxy) is 1. The molecule has 118 valence electrons. The first kappa shape index (κ1) is 17.5. The van der Waals surface area contributed by atoms with Crippen LogP contribution in [0.2, 0.25) is 0 Å². The highest BCUT2D eigenvalue weighted by atomic mass is 17.1. The highest BCUT2D eigenvalue weighted by Crippen LogP contribution is 2.10. The van der Waals surface area contributed by atoms with Gasteiger partial charge in [-0.25, -0.2) is 9.68 Å². The van der Waals surface area contributed by atoms with Gasteiger partial charge in [0.15, 0.2) is 0 Å². The van der Waals surface area contributed by atoms with Crippen LogP contribution in [0.15, 0.2) is 24.3 Å². The van der Waals surface area contributed by atoms with Crippen LogP contribution in [0.5, 0.6) is 0 Å². The minimum absolute atomic E-state index is 0.00789. The molecule has 0 radical (unpaired) electrons. The van der Waals surface area contributed by atoms with Gasteiger partial charge in [0.25, 0.3) is 0 Å². The van der Waals surface area contributed by atoms with Crippen molar-refractivity contribution in [3.05, 3.63) is 35.4 Å². The standard InChI is InChI=1S/C16H25NO4/c1-12(17-15(18)21-16(2,3)4)11-14-7-5-13(6-8-14)9-10-20-19/h5-8,12,19H,9-11H2,1-4H3,(H,17,18)/t12-/m1/s1. The molecule has 0 fully saturated rings.